The molecule has 1 aromatic heterocycles. The van der Waals surface area contributed by atoms with E-state index in [4.69, 9.17) is 15.2 Å². The molecule has 0 radical (unpaired) electrons. The Morgan fingerprint density at radius 3 is 2.77 bits per heavy atom. The summed E-state index contributed by atoms with van der Waals surface area (Å²) in [5.74, 6) is 0.328. The number of pyridine rings is 1. The number of nitrogens with two attached hydrogens (primary N) is 1. The second-order valence-electron chi connectivity index (χ2n) is 6.71. The zero-order valence-corrected chi connectivity index (χ0v) is 15.8. The molecule has 2 N–H and O–H groups in total. The van der Waals surface area contributed by atoms with Crippen LogP contribution in [0.3, 0.4) is 0 Å². The summed E-state index contributed by atoms with van der Waals surface area (Å²) in [5.41, 5.74) is 6.80. The van der Waals surface area contributed by atoms with Crippen molar-refractivity contribution in [1.29, 1.82) is 0 Å². The Bertz CT molecular complexity index is 605. The van der Waals surface area contributed by atoms with Crippen molar-refractivity contribution in [3.8, 4) is 5.88 Å². The van der Waals surface area contributed by atoms with Gasteiger partial charge in [-0.15, -0.1) is 0 Å². The van der Waals surface area contributed by atoms with Crippen molar-refractivity contribution in [2.45, 2.75) is 57.5 Å². The molecule has 7 heteroatoms. The van der Waals surface area contributed by atoms with E-state index in [0.29, 0.717) is 31.9 Å². The topological polar surface area (TPSA) is 94.8 Å². The molecule has 1 amide bonds. The lowest BCUT2D eigenvalue weighted by molar-refractivity contribution is -0.143. The van der Waals surface area contributed by atoms with E-state index in [2.05, 4.69) is 4.98 Å². The molecule has 2 heterocycles. The van der Waals surface area contributed by atoms with Crippen molar-refractivity contribution in [1.82, 2.24) is 9.88 Å². The van der Waals surface area contributed by atoms with Gasteiger partial charge in [0.25, 0.3) is 0 Å². The molecule has 2 rings (SSSR count). The fraction of sp³-hybridized carbons (Fsp3) is 0.632. The van der Waals surface area contributed by atoms with Crippen LogP contribution in [0.4, 0.5) is 0 Å². The van der Waals surface area contributed by atoms with Gasteiger partial charge in [0.15, 0.2) is 0 Å². The molecular formula is C19H29N3O4. The zero-order chi connectivity index (χ0) is 19.1. The zero-order valence-electron chi connectivity index (χ0n) is 15.8. The van der Waals surface area contributed by atoms with Gasteiger partial charge in [0, 0.05) is 24.8 Å². The normalized spacial score (nSPS) is 20.9. The number of aromatic nitrogens is 1. The predicted molar refractivity (Wildman–Crippen MR) is 97.8 cm³/mol. The first kappa shape index (κ1) is 20.2. The average molecular weight is 363 g/mol. The number of methoxy groups -OCH3 is 1. The van der Waals surface area contributed by atoms with Gasteiger partial charge in [-0.3, -0.25) is 9.59 Å². The van der Waals surface area contributed by atoms with Crippen LogP contribution in [-0.4, -0.2) is 54.1 Å². The fourth-order valence-corrected chi connectivity index (χ4v) is 3.43. The quantitative estimate of drug-likeness (QED) is 0.673. The molecule has 0 saturated carbocycles. The second-order valence-corrected chi connectivity index (χ2v) is 6.71. The Labute approximate surface area is 154 Å². The third-order valence-electron chi connectivity index (χ3n) is 4.84. The van der Waals surface area contributed by atoms with E-state index in [1.807, 2.05) is 17.9 Å². The summed E-state index contributed by atoms with van der Waals surface area (Å²) in [6, 6.07) is 3.50. The SMILES string of the molecule is CCOC(=O)C[C@H](CCCN1C(=O)C(N)CC1C)c1ccc(OC)nc1. The second kappa shape index (κ2) is 9.52. The van der Waals surface area contributed by atoms with E-state index in [1.165, 1.54) is 0 Å². The van der Waals surface area contributed by atoms with E-state index < -0.39 is 0 Å². The third kappa shape index (κ3) is 5.17. The molecule has 2 unspecified atom stereocenters. The first-order valence-corrected chi connectivity index (χ1v) is 9.17. The van der Waals surface area contributed by atoms with Crippen LogP contribution in [-0.2, 0) is 14.3 Å². The lowest BCUT2D eigenvalue weighted by Gasteiger charge is -2.23. The number of esters is 1. The van der Waals surface area contributed by atoms with Gasteiger partial charge < -0.3 is 20.1 Å². The Balaban J connectivity index is 1.99. The monoisotopic (exact) mass is 363 g/mol. The van der Waals surface area contributed by atoms with Gasteiger partial charge >= 0.3 is 5.97 Å². The number of rotatable bonds is 9. The van der Waals surface area contributed by atoms with Gasteiger partial charge in [-0.2, -0.15) is 0 Å². The highest BCUT2D eigenvalue weighted by Crippen LogP contribution is 2.27. The number of nitrogens with zero attached hydrogens (tertiary/aromatic N) is 2. The number of hydrogen-bond donors (Lipinski definition) is 1. The highest BCUT2D eigenvalue weighted by Gasteiger charge is 2.34. The van der Waals surface area contributed by atoms with Crippen LogP contribution >= 0.6 is 0 Å². The molecule has 7 nitrogen and oxygen atoms in total. The Kier molecular flexibility index (Phi) is 7.38. The maximum absolute atomic E-state index is 12.1. The van der Waals surface area contributed by atoms with Crippen molar-refractivity contribution in [2.75, 3.05) is 20.3 Å². The van der Waals surface area contributed by atoms with Gasteiger partial charge in [0.1, 0.15) is 0 Å². The number of ether oxygens (including phenoxy) is 2. The van der Waals surface area contributed by atoms with Gasteiger partial charge in [-0.25, -0.2) is 4.98 Å². The molecular weight excluding hydrogens is 334 g/mol. The fourth-order valence-electron chi connectivity index (χ4n) is 3.43. The Morgan fingerprint density at radius 2 is 2.23 bits per heavy atom. The summed E-state index contributed by atoms with van der Waals surface area (Å²) in [6.45, 7) is 4.83. The van der Waals surface area contributed by atoms with Crippen molar-refractivity contribution in [3.05, 3.63) is 23.9 Å². The molecule has 26 heavy (non-hydrogen) atoms. The molecule has 3 atom stereocenters. The minimum absolute atomic E-state index is 0.00543. The van der Waals surface area contributed by atoms with Crippen molar-refractivity contribution in [3.63, 3.8) is 0 Å². The van der Waals surface area contributed by atoms with Crippen LogP contribution < -0.4 is 10.5 Å². The maximum atomic E-state index is 12.1. The van der Waals surface area contributed by atoms with Gasteiger partial charge in [0.05, 0.1) is 26.2 Å². The minimum Gasteiger partial charge on any atom is -0.481 e. The van der Waals surface area contributed by atoms with Crippen molar-refractivity contribution >= 4 is 11.9 Å². The summed E-state index contributed by atoms with van der Waals surface area (Å²) in [5, 5.41) is 0. The molecule has 1 saturated heterocycles. The first-order chi connectivity index (χ1) is 12.5. The van der Waals surface area contributed by atoms with Gasteiger partial charge in [-0.05, 0) is 44.6 Å². The summed E-state index contributed by atoms with van der Waals surface area (Å²) < 4.78 is 10.2. The molecule has 144 valence electrons. The number of amides is 1. The van der Waals surface area contributed by atoms with Crippen LogP contribution in [0.2, 0.25) is 0 Å². The summed E-state index contributed by atoms with van der Waals surface area (Å²) in [7, 11) is 1.57. The Hall–Kier alpha value is -2.15. The maximum Gasteiger partial charge on any atom is 0.306 e. The van der Waals surface area contributed by atoms with Crippen molar-refractivity contribution in [2.24, 2.45) is 5.73 Å². The smallest absolute Gasteiger partial charge is 0.306 e. The van der Waals surface area contributed by atoms with Crippen molar-refractivity contribution < 1.29 is 19.1 Å². The van der Waals surface area contributed by atoms with Crippen LogP contribution in [0.15, 0.2) is 18.3 Å². The molecule has 1 fully saturated rings. The number of carbonyl (C=O) groups is 2. The standard InChI is InChI=1S/C19H29N3O4/c1-4-26-18(23)11-14(15-7-8-17(25-3)21-12-15)6-5-9-22-13(2)10-16(20)19(22)24/h7-8,12-14,16H,4-6,9-11,20H2,1-3H3/t13?,14-,16?/m0/s1. The van der Waals surface area contributed by atoms with E-state index >= 15 is 0 Å². The van der Waals surface area contributed by atoms with Crippen LogP contribution in [0, 0.1) is 0 Å². The van der Waals surface area contributed by atoms with E-state index in [9.17, 15) is 9.59 Å². The van der Waals surface area contributed by atoms with Gasteiger partial charge in [0.2, 0.25) is 11.8 Å². The number of likely N-dealkylation sites (tertiary alicyclic amines) is 1. The molecule has 1 aromatic rings. The molecule has 0 bridgehead atoms. The molecule has 0 aromatic carbocycles. The third-order valence-corrected chi connectivity index (χ3v) is 4.84. The van der Waals surface area contributed by atoms with Gasteiger partial charge in [-0.1, -0.05) is 6.07 Å². The predicted octanol–water partition coefficient (Wildman–Crippen LogP) is 1.86. The lowest BCUT2D eigenvalue weighted by Crippen LogP contribution is -2.36. The minimum atomic E-state index is -0.383. The molecule has 0 spiro atoms. The van der Waals surface area contributed by atoms with E-state index in [0.717, 1.165) is 18.4 Å². The Morgan fingerprint density at radius 1 is 1.46 bits per heavy atom. The van der Waals surface area contributed by atoms with E-state index in [-0.39, 0.29) is 29.9 Å². The highest BCUT2D eigenvalue weighted by molar-refractivity contribution is 5.84. The molecule has 0 aliphatic carbocycles. The van der Waals surface area contributed by atoms with Crippen LogP contribution in [0.25, 0.3) is 0 Å². The van der Waals surface area contributed by atoms with Crippen LogP contribution in [0.1, 0.15) is 51.0 Å². The summed E-state index contributed by atoms with van der Waals surface area (Å²) in [6.07, 6.45) is 4.29. The molecule has 1 aliphatic heterocycles. The summed E-state index contributed by atoms with van der Waals surface area (Å²) >= 11 is 0. The number of carbonyl (C=O) groups excluding carboxylic acids is 2. The van der Waals surface area contributed by atoms with E-state index in [1.54, 1.807) is 26.3 Å². The lowest BCUT2D eigenvalue weighted by atomic mass is 9.92. The first-order valence-electron chi connectivity index (χ1n) is 9.17. The highest BCUT2D eigenvalue weighted by atomic mass is 16.5. The number of hydrogen-bond acceptors (Lipinski definition) is 6. The molecule has 1 aliphatic rings. The average Bonchev–Trinajstić information content (AvgIpc) is 2.87. The largest absolute Gasteiger partial charge is 0.481 e. The summed E-state index contributed by atoms with van der Waals surface area (Å²) in [4.78, 5) is 30.1. The van der Waals surface area contributed by atoms with Crippen LogP contribution in [0.5, 0.6) is 5.88 Å².